The maximum atomic E-state index is 11.7. The molecule has 0 aliphatic carbocycles. The smallest absolute Gasteiger partial charge is 0.178 e. The molecule has 0 amide bonds. The van der Waals surface area contributed by atoms with Gasteiger partial charge in [0, 0.05) is 8.95 Å². The number of allylic oxidation sites excluding steroid dienone is 2. The summed E-state index contributed by atoms with van der Waals surface area (Å²) in [6.45, 7) is 0. The Balaban J connectivity index is 1.98. The van der Waals surface area contributed by atoms with Gasteiger partial charge < -0.3 is 0 Å². The van der Waals surface area contributed by atoms with E-state index in [4.69, 9.17) is 0 Å². The van der Waals surface area contributed by atoms with Gasteiger partial charge in [0.1, 0.15) is 0 Å². The fourth-order valence-corrected chi connectivity index (χ4v) is 2.09. The van der Waals surface area contributed by atoms with Gasteiger partial charge in [-0.3, -0.25) is 4.79 Å². The zero-order valence-electron chi connectivity index (χ0n) is 10.6. The summed E-state index contributed by atoms with van der Waals surface area (Å²) in [4.78, 5) is 11.7. The van der Waals surface area contributed by atoms with E-state index < -0.39 is 0 Å². The van der Waals surface area contributed by atoms with Gasteiger partial charge in [0.25, 0.3) is 0 Å². The molecule has 1 nitrogen and oxygen atoms in total. The van der Waals surface area contributed by atoms with Gasteiger partial charge >= 0.3 is 0 Å². The molecule has 0 radical (unpaired) electrons. The van der Waals surface area contributed by atoms with Gasteiger partial charge in [0.15, 0.2) is 5.78 Å². The topological polar surface area (TPSA) is 17.1 Å². The zero-order chi connectivity index (χ0) is 14.4. The highest BCUT2D eigenvalue weighted by Gasteiger charge is 1.92. The number of halogens is 2. The predicted molar refractivity (Wildman–Crippen MR) is 91.4 cm³/mol. The Bertz CT molecular complexity index is 580. The highest BCUT2D eigenvalue weighted by atomic mass is 79.9. The van der Waals surface area contributed by atoms with Crippen LogP contribution in [0.25, 0.3) is 12.2 Å². The fraction of sp³-hybridized carbons (Fsp3) is 0. The molecule has 0 aromatic heterocycles. The van der Waals surface area contributed by atoms with E-state index in [2.05, 4.69) is 31.9 Å². The third kappa shape index (κ3) is 4.91. The van der Waals surface area contributed by atoms with Crippen molar-refractivity contribution in [3.05, 3.63) is 80.8 Å². The Morgan fingerprint density at radius 3 is 1.40 bits per heavy atom. The minimum atomic E-state index is -0.0316. The maximum absolute atomic E-state index is 11.7. The normalized spacial score (nSPS) is 11.3. The van der Waals surface area contributed by atoms with Crippen molar-refractivity contribution in [3.8, 4) is 0 Å². The number of rotatable bonds is 4. The maximum Gasteiger partial charge on any atom is 0.178 e. The minimum Gasteiger partial charge on any atom is -0.290 e. The number of hydrogen-bond donors (Lipinski definition) is 0. The number of carbonyl (C=O) groups is 1. The Labute approximate surface area is 135 Å². The average Bonchev–Trinajstić information content (AvgIpc) is 2.46. The van der Waals surface area contributed by atoms with Crippen molar-refractivity contribution in [1.29, 1.82) is 0 Å². The molecule has 2 aromatic rings. The minimum absolute atomic E-state index is 0.0316. The summed E-state index contributed by atoms with van der Waals surface area (Å²) in [5, 5.41) is 0. The first kappa shape index (κ1) is 14.9. The summed E-state index contributed by atoms with van der Waals surface area (Å²) in [7, 11) is 0. The molecule has 0 saturated carbocycles. The molecule has 0 aliphatic rings. The summed E-state index contributed by atoms with van der Waals surface area (Å²) >= 11 is 6.75. The Morgan fingerprint density at radius 1 is 0.700 bits per heavy atom. The van der Waals surface area contributed by atoms with Crippen LogP contribution in [-0.4, -0.2) is 5.78 Å². The predicted octanol–water partition coefficient (Wildman–Crippen LogP) is 5.51. The van der Waals surface area contributed by atoms with Crippen molar-refractivity contribution in [2.24, 2.45) is 0 Å². The number of hydrogen-bond acceptors (Lipinski definition) is 1. The van der Waals surface area contributed by atoms with Crippen LogP contribution in [0.3, 0.4) is 0 Å². The molecular weight excluding hydrogens is 380 g/mol. The Kier molecular flexibility index (Phi) is 5.50. The molecule has 0 saturated heterocycles. The summed E-state index contributed by atoms with van der Waals surface area (Å²) in [6.07, 6.45) is 6.75. The molecule has 0 atom stereocenters. The lowest BCUT2D eigenvalue weighted by Gasteiger charge is -1.94. The largest absolute Gasteiger partial charge is 0.290 e. The Hall–Kier alpha value is -1.45. The van der Waals surface area contributed by atoms with Crippen molar-refractivity contribution >= 4 is 49.8 Å². The van der Waals surface area contributed by atoms with Gasteiger partial charge in [0.2, 0.25) is 0 Å². The fourth-order valence-electron chi connectivity index (χ4n) is 1.56. The molecule has 20 heavy (non-hydrogen) atoms. The van der Waals surface area contributed by atoms with Crippen molar-refractivity contribution in [3.63, 3.8) is 0 Å². The van der Waals surface area contributed by atoms with Crippen LogP contribution < -0.4 is 0 Å². The molecule has 100 valence electrons. The highest BCUT2D eigenvalue weighted by Crippen LogP contribution is 2.12. The van der Waals surface area contributed by atoms with E-state index in [9.17, 15) is 4.79 Å². The van der Waals surface area contributed by atoms with Crippen molar-refractivity contribution in [2.45, 2.75) is 0 Å². The molecule has 0 unspecified atom stereocenters. The first-order valence-electron chi connectivity index (χ1n) is 6.05. The second kappa shape index (κ2) is 7.36. The van der Waals surface area contributed by atoms with Crippen LogP contribution in [0, 0.1) is 0 Å². The van der Waals surface area contributed by atoms with Crippen LogP contribution in [0.2, 0.25) is 0 Å². The summed E-state index contributed by atoms with van der Waals surface area (Å²) in [6, 6.07) is 15.6. The number of benzene rings is 2. The lowest BCUT2D eigenvalue weighted by molar-refractivity contribution is -0.110. The van der Waals surface area contributed by atoms with E-state index in [-0.39, 0.29) is 5.78 Å². The van der Waals surface area contributed by atoms with Crippen molar-refractivity contribution in [1.82, 2.24) is 0 Å². The average molecular weight is 392 g/mol. The van der Waals surface area contributed by atoms with Crippen LogP contribution in [0.5, 0.6) is 0 Å². The molecule has 0 aliphatic heterocycles. The number of ketones is 1. The molecule has 0 N–H and O–H groups in total. The Morgan fingerprint density at radius 2 is 1.05 bits per heavy atom. The molecular formula is C17H12Br2O. The van der Waals surface area contributed by atoms with Gasteiger partial charge in [-0.25, -0.2) is 0 Å². The summed E-state index contributed by atoms with van der Waals surface area (Å²) in [5.74, 6) is -0.0316. The lowest BCUT2D eigenvalue weighted by atomic mass is 10.1. The molecule has 2 rings (SSSR count). The molecule has 0 bridgehead atoms. The molecule has 2 aromatic carbocycles. The van der Waals surface area contributed by atoms with Gasteiger partial charge in [0.05, 0.1) is 0 Å². The van der Waals surface area contributed by atoms with Crippen LogP contribution in [0.15, 0.2) is 69.6 Å². The van der Waals surface area contributed by atoms with Gasteiger partial charge in [-0.1, -0.05) is 68.3 Å². The van der Waals surface area contributed by atoms with Gasteiger partial charge in [-0.05, 0) is 47.5 Å². The third-order valence-electron chi connectivity index (χ3n) is 2.62. The second-order valence-corrected chi connectivity index (χ2v) is 6.00. The van der Waals surface area contributed by atoms with Gasteiger partial charge in [-0.15, -0.1) is 0 Å². The third-order valence-corrected chi connectivity index (χ3v) is 3.68. The SMILES string of the molecule is O=C(/C=C/c1ccc(Br)cc1)/C=C/c1ccc(Br)cc1. The number of carbonyl (C=O) groups excluding carboxylic acids is 1. The molecule has 0 heterocycles. The zero-order valence-corrected chi connectivity index (χ0v) is 13.8. The first-order chi connectivity index (χ1) is 9.63. The van der Waals surface area contributed by atoms with Gasteiger partial charge in [-0.2, -0.15) is 0 Å². The quantitative estimate of drug-likeness (QED) is 0.628. The second-order valence-electron chi connectivity index (χ2n) is 4.17. The van der Waals surface area contributed by atoms with E-state index in [1.807, 2.05) is 48.5 Å². The van der Waals surface area contributed by atoms with Crippen LogP contribution >= 0.6 is 31.9 Å². The van der Waals surface area contributed by atoms with Crippen molar-refractivity contribution in [2.75, 3.05) is 0 Å². The van der Waals surface area contributed by atoms with E-state index >= 15 is 0 Å². The molecule has 3 heteroatoms. The first-order valence-corrected chi connectivity index (χ1v) is 7.63. The van der Waals surface area contributed by atoms with Crippen molar-refractivity contribution < 1.29 is 4.79 Å². The summed E-state index contributed by atoms with van der Waals surface area (Å²) < 4.78 is 2.05. The monoisotopic (exact) mass is 390 g/mol. The van der Waals surface area contributed by atoms with E-state index in [0.717, 1.165) is 20.1 Å². The van der Waals surface area contributed by atoms with E-state index in [1.54, 1.807) is 24.3 Å². The lowest BCUT2D eigenvalue weighted by Crippen LogP contribution is -1.84. The standard InChI is InChI=1S/C17H12Br2O/c18-15-7-1-13(2-8-15)5-11-17(20)12-6-14-3-9-16(19)10-4-14/h1-12H/b11-5+,12-6+. The van der Waals surface area contributed by atoms with E-state index in [1.165, 1.54) is 0 Å². The molecule has 0 fully saturated rings. The highest BCUT2D eigenvalue weighted by molar-refractivity contribution is 9.10. The molecule has 0 spiro atoms. The van der Waals surface area contributed by atoms with Crippen LogP contribution in [-0.2, 0) is 4.79 Å². The van der Waals surface area contributed by atoms with E-state index in [0.29, 0.717) is 0 Å². The summed E-state index contributed by atoms with van der Waals surface area (Å²) in [5.41, 5.74) is 2.00. The van der Waals surface area contributed by atoms with Crippen LogP contribution in [0.4, 0.5) is 0 Å². The van der Waals surface area contributed by atoms with Crippen LogP contribution in [0.1, 0.15) is 11.1 Å².